The van der Waals surface area contributed by atoms with E-state index in [4.69, 9.17) is 0 Å². The summed E-state index contributed by atoms with van der Waals surface area (Å²) in [5.41, 5.74) is 6.01. The number of nitrogens with zero attached hydrogens (tertiary/aromatic N) is 1. The highest BCUT2D eigenvalue weighted by Crippen LogP contribution is 2.45. The van der Waals surface area contributed by atoms with Crippen molar-refractivity contribution in [2.24, 2.45) is 0 Å². The van der Waals surface area contributed by atoms with Crippen molar-refractivity contribution in [1.82, 2.24) is 4.98 Å². The summed E-state index contributed by atoms with van der Waals surface area (Å²) >= 11 is 1.68. The average molecular weight is 264 g/mol. The molecule has 2 nitrogen and oxygen atoms in total. The number of nitrogens with one attached hydrogen (secondary N) is 1. The van der Waals surface area contributed by atoms with Crippen LogP contribution in [-0.2, 0) is 0 Å². The number of rotatable bonds is 0. The van der Waals surface area contributed by atoms with Gasteiger partial charge in [0, 0.05) is 22.0 Å². The Morgan fingerprint density at radius 2 is 1.95 bits per heavy atom. The van der Waals surface area contributed by atoms with Gasteiger partial charge in [-0.25, -0.2) is 0 Å². The molecule has 0 spiro atoms. The van der Waals surface area contributed by atoms with Crippen LogP contribution in [0, 0.1) is 6.92 Å². The van der Waals surface area contributed by atoms with Gasteiger partial charge in [-0.05, 0) is 36.1 Å². The number of hydrogen-bond donors (Lipinski definition) is 1. The molecule has 0 aliphatic carbocycles. The zero-order valence-corrected chi connectivity index (χ0v) is 11.3. The molecular weight excluding hydrogens is 252 g/mol. The maximum Gasteiger partial charge on any atom is 0.0948 e. The monoisotopic (exact) mass is 264 g/mol. The summed E-state index contributed by atoms with van der Waals surface area (Å²) in [7, 11) is 0. The van der Waals surface area contributed by atoms with E-state index in [0.717, 1.165) is 11.2 Å². The molecule has 1 aliphatic heterocycles. The fourth-order valence-electron chi connectivity index (χ4n) is 2.57. The van der Waals surface area contributed by atoms with Crippen molar-refractivity contribution in [3.8, 4) is 11.1 Å². The summed E-state index contributed by atoms with van der Waals surface area (Å²) in [6.45, 7) is 2.15. The normalized spacial score (nSPS) is 12.7. The van der Waals surface area contributed by atoms with Crippen LogP contribution in [0.2, 0.25) is 0 Å². The van der Waals surface area contributed by atoms with Crippen LogP contribution in [-0.4, -0.2) is 4.98 Å². The van der Waals surface area contributed by atoms with Gasteiger partial charge >= 0.3 is 0 Å². The molecular formula is C16H12N2S. The van der Waals surface area contributed by atoms with Crippen molar-refractivity contribution < 1.29 is 0 Å². The van der Waals surface area contributed by atoms with Crippen LogP contribution in [0.3, 0.4) is 0 Å². The fraction of sp³-hybridized carbons (Fsp3) is 0.0625. The Morgan fingerprint density at radius 3 is 2.89 bits per heavy atom. The minimum Gasteiger partial charge on any atom is -0.323 e. The van der Waals surface area contributed by atoms with Gasteiger partial charge in [-0.2, -0.15) is 0 Å². The van der Waals surface area contributed by atoms with E-state index in [1.54, 1.807) is 11.9 Å². The van der Waals surface area contributed by atoms with Crippen LogP contribution < -0.4 is 4.72 Å². The van der Waals surface area contributed by atoms with Gasteiger partial charge in [0.15, 0.2) is 0 Å². The molecule has 0 atom stereocenters. The Labute approximate surface area is 116 Å². The molecule has 0 amide bonds. The average Bonchev–Trinajstić information content (AvgIpc) is 2.47. The summed E-state index contributed by atoms with van der Waals surface area (Å²) < 4.78 is 3.46. The van der Waals surface area contributed by atoms with E-state index in [9.17, 15) is 0 Å². The number of anilines is 1. The Balaban J connectivity index is 2.08. The lowest BCUT2D eigenvalue weighted by atomic mass is 9.99. The lowest BCUT2D eigenvalue weighted by Gasteiger charge is -2.22. The van der Waals surface area contributed by atoms with E-state index in [2.05, 4.69) is 53.0 Å². The molecule has 3 heteroatoms. The predicted octanol–water partition coefficient (Wildman–Crippen LogP) is 4.64. The molecule has 92 valence electrons. The highest BCUT2D eigenvalue weighted by Gasteiger charge is 2.19. The molecule has 1 N–H and O–H groups in total. The number of fused-ring (bicyclic) bond motifs is 5. The number of aryl methyl sites for hydroxylation is 1. The number of hydrogen-bond acceptors (Lipinski definition) is 3. The summed E-state index contributed by atoms with van der Waals surface area (Å²) in [6, 6.07) is 14.9. The van der Waals surface area contributed by atoms with E-state index >= 15 is 0 Å². The quantitative estimate of drug-likeness (QED) is 0.599. The molecule has 2 heterocycles. The predicted molar refractivity (Wildman–Crippen MR) is 81.4 cm³/mol. The smallest absolute Gasteiger partial charge is 0.0948 e. The molecule has 1 aromatic heterocycles. The summed E-state index contributed by atoms with van der Waals surface area (Å²) in [5.74, 6) is 0. The first kappa shape index (κ1) is 10.9. The highest BCUT2D eigenvalue weighted by atomic mass is 32.2. The molecule has 0 fully saturated rings. The zero-order valence-electron chi connectivity index (χ0n) is 10.5. The highest BCUT2D eigenvalue weighted by molar-refractivity contribution is 8.00. The topological polar surface area (TPSA) is 24.9 Å². The van der Waals surface area contributed by atoms with Gasteiger partial charge in [0.1, 0.15) is 0 Å². The van der Waals surface area contributed by atoms with Crippen molar-refractivity contribution in [2.45, 2.75) is 11.8 Å². The Hall–Kier alpha value is -2.00. The number of benzene rings is 2. The summed E-state index contributed by atoms with van der Waals surface area (Å²) in [5, 5.41) is 1.17. The third kappa shape index (κ3) is 1.55. The summed E-state index contributed by atoms with van der Waals surface area (Å²) in [4.78, 5) is 5.82. The molecule has 0 saturated carbocycles. The van der Waals surface area contributed by atoms with Gasteiger partial charge in [0.05, 0.1) is 11.2 Å². The molecule has 4 rings (SSSR count). The zero-order chi connectivity index (χ0) is 12.8. The van der Waals surface area contributed by atoms with Crippen molar-refractivity contribution in [3.05, 3.63) is 54.2 Å². The molecule has 0 bridgehead atoms. The van der Waals surface area contributed by atoms with Gasteiger partial charge in [0.2, 0.25) is 0 Å². The van der Waals surface area contributed by atoms with E-state index in [0.29, 0.717) is 0 Å². The van der Waals surface area contributed by atoms with Gasteiger partial charge in [-0.15, -0.1) is 0 Å². The van der Waals surface area contributed by atoms with Gasteiger partial charge < -0.3 is 4.72 Å². The number of aromatic nitrogens is 1. The van der Waals surface area contributed by atoms with E-state index in [1.165, 1.54) is 27.0 Å². The standard InChI is InChI=1S/C16H12N2S/c1-10-4-2-6-13-12-8-7-11-5-3-9-17-14(11)15(12)18-19-16(10)13/h2-9,18H,1H3. The first-order valence-corrected chi connectivity index (χ1v) is 7.07. The molecule has 0 saturated heterocycles. The second-order valence-corrected chi connectivity index (χ2v) is 5.54. The lowest BCUT2D eigenvalue weighted by molar-refractivity contribution is 1.29. The van der Waals surface area contributed by atoms with Crippen molar-refractivity contribution in [3.63, 3.8) is 0 Å². The molecule has 0 radical (unpaired) electrons. The van der Waals surface area contributed by atoms with Crippen molar-refractivity contribution in [1.29, 1.82) is 0 Å². The molecule has 3 aromatic rings. The molecule has 19 heavy (non-hydrogen) atoms. The van der Waals surface area contributed by atoms with Gasteiger partial charge in [-0.1, -0.05) is 36.4 Å². The number of pyridine rings is 1. The first-order chi connectivity index (χ1) is 9.34. The Morgan fingerprint density at radius 1 is 1.00 bits per heavy atom. The van der Waals surface area contributed by atoms with Crippen LogP contribution in [0.5, 0.6) is 0 Å². The van der Waals surface area contributed by atoms with E-state index < -0.39 is 0 Å². The maximum atomic E-state index is 4.51. The third-order valence-electron chi connectivity index (χ3n) is 3.53. The van der Waals surface area contributed by atoms with Gasteiger partial charge in [0.25, 0.3) is 0 Å². The SMILES string of the molecule is Cc1cccc2c1SNc1c-2ccc2cccnc12. The maximum absolute atomic E-state index is 4.51. The summed E-state index contributed by atoms with van der Waals surface area (Å²) in [6.07, 6.45) is 1.85. The molecule has 2 aromatic carbocycles. The van der Waals surface area contributed by atoms with Crippen LogP contribution in [0.25, 0.3) is 22.0 Å². The minimum absolute atomic E-state index is 1.04. The van der Waals surface area contributed by atoms with E-state index in [1.807, 2.05) is 12.3 Å². The minimum atomic E-state index is 1.04. The first-order valence-electron chi connectivity index (χ1n) is 6.25. The van der Waals surface area contributed by atoms with Crippen molar-refractivity contribution in [2.75, 3.05) is 4.72 Å². The Bertz CT molecular complexity index is 796. The van der Waals surface area contributed by atoms with Crippen molar-refractivity contribution >= 4 is 28.5 Å². The fourth-order valence-corrected chi connectivity index (χ4v) is 3.50. The van der Waals surface area contributed by atoms with Crippen LogP contribution in [0.15, 0.2) is 53.6 Å². The van der Waals surface area contributed by atoms with Crippen LogP contribution in [0.4, 0.5) is 5.69 Å². The van der Waals surface area contributed by atoms with Gasteiger partial charge in [-0.3, -0.25) is 4.98 Å². The lowest BCUT2D eigenvalue weighted by Crippen LogP contribution is -2.01. The second kappa shape index (κ2) is 4.00. The second-order valence-electron chi connectivity index (χ2n) is 4.72. The Kier molecular flexibility index (Phi) is 2.29. The molecule has 0 unspecified atom stereocenters. The third-order valence-corrected chi connectivity index (χ3v) is 4.58. The largest absolute Gasteiger partial charge is 0.323 e. The van der Waals surface area contributed by atoms with Crippen LogP contribution in [0.1, 0.15) is 5.56 Å². The van der Waals surface area contributed by atoms with Crippen LogP contribution >= 0.6 is 11.9 Å². The van der Waals surface area contributed by atoms with E-state index in [-0.39, 0.29) is 0 Å². The molecule has 1 aliphatic rings.